The van der Waals surface area contributed by atoms with E-state index in [0.29, 0.717) is 5.69 Å². The van der Waals surface area contributed by atoms with Crippen LogP contribution in [0.2, 0.25) is 0 Å². The Morgan fingerprint density at radius 1 is 1.10 bits per heavy atom. The summed E-state index contributed by atoms with van der Waals surface area (Å²) in [5, 5.41) is 0. The number of hydrogen-bond donors (Lipinski definition) is 0. The molecule has 0 unspecified atom stereocenters. The van der Waals surface area contributed by atoms with Gasteiger partial charge in [-0.3, -0.25) is 4.99 Å². The van der Waals surface area contributed by atoms with Crippen molar-refractivity contribution in [3.8, 4) is 0 Å². The first-order valence-electron chi connectivity index (χ1n) is 7.06. The van der Waals surface area contributed by atoms with Gasteiger partial charge >= 0.3 is 0 Å². The largest absolute Gasteiger partial charge is 0.369 e. The number of rotatable bonds is 3. The van der Waals surface area contributed by atoms with Crippen molar-refractivity contribution in [1.29, 1.82) is 0 Å². The summed E-state index contributed by atoms with van der Waals surface area (Å²) in [4.78, 5) is 6.47. The van der Waals surface area contributed by atoms with Gasteiger partial charge in [-0.15, -0.1) is 0 Å². The van der Waals surface area contributed by atoms with E-state index in [4.69, 9.17) is 0 Å². The van der Waals surface area contributed by atoms with Crippen molar-refractivity contribution < 1.29 is 4.39 Å². The van der Waals surface area contributed by atoms with Crippen LogP contribution >= 0.6 is 15.9 Å². The minimum Gasteiger partial charge on any atom is -0.369 e. The number of aliphatic imine (C=N–C) groups is 1. The van der Waals surface area contributed by atoms with E-state index in [1.165, 1.54) is 0 Å². The van der Waals surface area contributed by atoms with Crippen molar-refractivity contribution in [2.45, 2.75) is 12.8 Å². The fourth-order valence-corrected chi connectivity index (χ4v) is 2.91. The quantitative estimate of drug-likeness (QED) is 0.718. The number of nitrogens with zero attached hydrogens (tertiary/aromatic N) is 2. The maximum atomic E-state index is 14.2. The molecule has 0 saturated carbocycles. The second-order valence-corrected chi connectivity index (χ2v) is 6.06. The third-order valence-corrected chi connectivity index (χ3v) is 4.08. The Hall–Kier alpha value is -1.68. The summed E-state index contributed by atoms with van der Waals surface area (Å²) in [6.45, 7) is 1.89. The lowest BCUT2D eigenvalue weighted by Gasteiger charge is -2.18. The van der Waals surface area contributed by atoms with E-state index in [1.807, 2.05) is 36.4 Å². The van der Waals surface area contributed by atoms with Crippen molar-refractivity contribution in [3.63, 3.8) is 0 Å². The van der Waals surface area contributed by atoms with Gasteiger partial charge in [-0.25, -0.2) is 4.39 Å². The molecule has 2 nitrogen and oxygen atoms in total. The van der Waals surface area contributed by atoms with E-state index < -0.39 is 0 Å². The van der Waals surface area contributed by atoms with Gasteiger partial charge in [0.1, 0.15) is 5.82 Å². The highest BCUT2D eigenvalue weighted by Crippen LogP contribution is 2.24. The first kappa shape index (κ1) is 14.3. The molecule has 0 aliphatic carbocycles. The van der Waals surface area contributed by atoms with Crippen molar-refractivity contribution in [1.82, 2.24) is 0 Å². The molecule has 4 heteroatoms. The van der Waals surface area contributed by atoms with E-state index in [-0.39, 0.29) is 5.82 Å². The number of halogens is 2. The minimum atomic E-state index is -0.171. The molecule has 3 rings (SSSR count). The molecule has 1 aliphatic heterocycles. The average Bonchev–Trinajstić information content (AvgIpc) is 2.99. The van der Waals surface area contributed by atoms with Gasteiger partial charge in [0.05, 0.1) is 11.4 Å². The summed E-state index contributed by atoms with van der Waals surface area (Å²) >= 11 is 3.41. The summed E-state index contributed by atoms with van der Waals surface area (Å²) in [5.74, 6) is -0.171. The summed E-state index contributed by atoms with van der Waals surface area (Å²) in [6, 6.07) is 13.0. The van der Waals surface area contributed by atoms with Crippen LogP contribution in [0.1, 0.15) is 18.4 Å². The van der Waals surface area contributed by atoms with E-state index in [9.17, 15) is 4.39 Å². The third-order valence-electron chi connectivity index (χ3n) is 3.59. The second-order valence-electron chi connectivity index (χ2n) is 5.14. The van der Waals surface area contributed by atoms with E-state index in [1.54, 1.807) is 12.3 Å². The molecule has 0 bridgehead atoms. The molecule has 1 fully saturated rings. The lowest BCUT2D eigenvalue weighted by molar-refractivity contribution is 0.623. The summed E-state index contributed by atoms with van der Waals surface area (Å²) in [6.07, 6.45) is 3.98. The Bertz CT molecular complexity index is 664. The van der Waals surface area contributed by atoms with E-state index in [0.717, 1.165) is 41.7 Å². The van der Waals surface area contributed by atoms with Gasteiger partial charge in [0.15, 0.2) is 0 Å². The first-order chi connectivity index (χ1) is 10.2. The Labute approximate surface area is 132 Å². The van der Waals surface area contributed by atoms with Gasteiger partial charge < -0.3 is 4.90 Å². The molecule has 1 heterocycles. The zero-order valence-electron chi connectivity index (χ0n) is 11.6. The minimum absolute atomic E-state index is 0.171. The van der Waals surface area contributed by atoms with Gasteiger partial charge in [-0.05, 0) is 48.7 Å². The monoisotopic (exact) mass is 346 g/mol. The van der Waals surface area contributed by atoms with E-state index in [2.05, 4.69) is 25.8 Å². The summed E-state index contributed by atoms with van der Waals surface area (Å²) in [5.41, 5.74) is 2.32. The molecule has 0 radical (unpaired) electrons. The number of hydrogen-bond acceptors (Lipinski definition) is 2. The Morgan fingerprint density at radius 3 is 2.62 bits per heavy atom. The van der Waals surface area contributed by atoms with Crippen LogP contribution in [-0.4, -0.2) is 19.3 Å². The maximum absolute atomic E-state index is 14.2. The molecule has 1 aliphatic rings. The molecule has 108 valence electrons. The van der Waals surface area contributed by atoms with Crippen molar-refractivity contribution in [2.24, 2.45) is 4.99 Å². The van der Waals surface area contributed by atoms with Crippen molar-refractivity contribution >= 4 is 33.5 Å². The molecule has 2 aromatic carbocycles. The van der Waals surface area contributed by atoms with Crippen LogP contribution in [0.25, 0.3) is 0 Å². The zero-order chi connectivity index (χ0) is 14.7. The molecule has 0 amide bonds. The molecule has 1 saturated heterocycles. The molecule has 0 atom stereocenters. The van der Waals surface area contributed by atoms with Crippen LogP contribution in [0.4, 0.5) is 15.8 Å². The predicted molar refractivity (Wildman–Crippen MR) is 89.2 cm³/mol. The summed E-state index contributed by atoms with van der Waals surface area (Å²) in [7, 11) is 0. The van der Waals surface area contributed by atoms with Crippen LogP contribution in [-0.2, 0) is 0 Å². The highest BCUT2D eigenvalue weighted by atomic mass is 79.9. The molecule has 0 aromatic heterocycles. The highest BCUT2D eigenvalue weighted by Gasteiger charge is 2.15. The fourth-order valence-electron chi connectivity index (χ4n) is 2.52. The average molecular weight is 347 g/mol. The van der Waals surface area contributed by atoms with Crippen LogP contribution < -0.4 is 4.90 Å². The number of anilines is 1. The summed E-state index contributed by atoms with van der Waals surface area (Å²) < 4.78 is 15.2. The molecule has 0 N–H and O–H groups in total. The molecular formula is C17H16BrFN2. The maximum Gasteiger partial charge on any atom is 0.147 e. The van der Waals surface area contributed by atoms with Crippen LogP contribution in [0.3, 0.4) is 0 Å². The van der Waals surface area contributed by atoms with E-state index >= 15 is 0 Å². The molecular weight excluding hydrogens is 331 g/mol. The Morgan fingerprint density at radius 2 is 1.90 bits per heavy atom. The molecule has 0 spiro atoms. The normalized spacial score (nSPS) is 15.0. The van der Waals surface area contributed by atoms with Crippen molar-refractivity contribution in [2.75, 3.05) is 18.0 Å². The standard InChI is InChI=1S/C17H16BrFN2/c18-14-4-3-5-15(11-14)20-12-13-6-7-17(16(19)10-13)21-8-1-2-9-21/h3-7,10-12H,1-2,8-9H2. The predicted octanol–water partition coefficient (Wildman–Crippen LogP) is 4.94. The Balaban J connectivity index is 1.78. The second kappa shape index (κ2) is 6.39. The zero-order valence-corrected chi connectivity index (χ0v) is 13.2. The lowest BCUT2D eigenvalue weighted by Crippen LogP contribution is -2.18. The van der Waals surface area contributed by atoms with Gasteiger partial charge in [-0.2, -0.15) is 0 Å². The van der Waals surface area contributed by atoms with Gasteiger partial charge in [0, 0.05) is 23.8 Å². The van der Waals surface area contributed by atoms with Crippen LogP contribution in [0.5, 0.6) is 0 Å². The lowest BCUT2D eigenvalue weighted by atomic mass is 10.2. The number of benzene rings is 2. The first-order valence-corrected chi connectivity index (χ1v) is 7.86. The van der Waals surface area contributed by atoms with Crippen LogP contribution in [0.15, 0.2) is 51.9 Å². The topological polar surface area (TPSA) is 15.6 Å². The van der Waals surface area contributed by atoms with Gasteiger partial charge in [-0.1, -0.05) is 28.1 Å². The Kier molecular flexibility index (Phi) is 4.34. The van der Waals surface area contributed by atoms with Gasteiger partial charge in [0.2, 0.25) is 0 Å². The van der Waals surface area contributed by atoms with Gasteiger partial charge in [0.25, 0.3) is 0 Å². The smallest absolute Gasteiger partial charge is 0.147 e. The fraction of sp³-hybridized carbons (Fsp3) is 0.235. The van der Waals surface area contributed by atoms with Crippen molar-refractivity contribution in [3.05, 3.63) is 58.3 Å². The third kappa shape index (κ3) is 3.50. The van der Waals surface area contributed by atoms with Crippen LogP contribution in [0, 0.1) is 5.82 Å². The SMILES string of the molecule is Fc1cc(C=Nc2cccc(Br)c2)ccc1N1CCCC1. The molecule has 21 heavy (non-hydrogen) atoms. The highest BCUT2D eigenvalue weighted by molar-refractivity contribution is 9.10. The molecule has 2 aromatic rings.